The number of hydrogen-bond acceptors (Lipinski definition) is 3. The van der Waals surface area contributed by atoms with E-state index in [1.54, 1.807) is 12.1 Å². The minimum absolute atomic E-state index is 0.0742. The summed E-state index contributed by atoms with van der Waals surface area (Å²) in [4.78, 5) is 0.0742. The number of rotatable bonds is 4. The summed E-state index contributed by atoms with van der Waals surface area (Å²) < 4.78 is 27.2. The Hall–Kier alpha value is -1.33. The van der Waals surface area contributed by atoms with Crippen LogP contribution >= 0.6 is 0 Å². The molecule has 82 valence electrons. The van der Waals surface area contributed by atoms with Gasteiger partial charge in [0, 0.05) is 0 Å². The topological polar surface area (TPSA) is 69.4 Å². The lowest BCUT2D eigenvalue weighted by atomic mass is 10.3. The molecule has 0 bridgehead atoms. The van der Waals surface area contributed by atoms with Crippen LogP contribution in [0.5, 0.6) is 5.75 Å². The van der Waals surface area contributed by atoms with E-state index in [2.05, 4.69) is 6.58 Å². The molecule has 2 N–H and O–H groups in total. The predicted octanol–water partition coefficient (Wildman–Crippen LogP) is 1.29. The number of primary sulfonamides is 1. The fourth-order valence-electron chi connectivity index (χ4n) is 0.932. The lowest BCUT2D eigenvalue weighted by molar-refractivity contribution is 0.352. The molecule has 0 aliphatic carbocycles. The minimum Gasteiger partial charge on any atom is -0.489 e. The van der Waals surface area contributed by atoms with Crippen LogP contribution in [0.4, 0.5) is 0 Å². The molecule has 1 aromatic carbocycles. The monoisotopic (exact) mass is 227 g/mol. The van der Waals surface area contributed by atoms with Crippen molar-refractivity contribution in [2.75, 3.05) is 6.61 Å². The zero-order valence-electron chi connectivity index (χ0n) is 8.43. The molecule has 1 aromatic rings. The number of benzene rings is 1. The normalized spacial score (nSPS) is 11.1. The van der Waals surface area contributed by atoms with Crippen LogP contribution < -0.4 is 9.88 Å². The van der Waals surface area contributed by atoms with Crippen LogP contribution in [0.2, 0.25) is 0 Å². The maximum atomic E-state index is 10.9. The Balaban J connectivity index is 2.77. The van der Waals surface area contributed by atoms with Crippen LogP contribution in [-0.2, 0) is 10.0 Å². The zero-order chi connectivity index (χ0) is 11.5. The van der Waals surface area contributed by atoms with Crippen LogP contribution in [0.15, 0.2) is 41.3 Å². The Morgan fingerprint density at radius 1 is 1.40 bits per heavy atom. The largest absolute Gasteiger partial charge is 0.489 e. The number of nitrogens with two attached hydrogens (primary N) is 1. The average molecular weight is 227 g/mol. The van der Waals surface area contributed by atoms with Gasteiger partial charge in [0.2, 0.25) is 10.0 Å². The van der Waals surface area contributed by atoms with Crippen LogP contribution in [0.25, 0.3) is 0 Å². The lowest BCUT2D eigenvalue weighted by Gasteiger charge is -2.05. The summed E-state index contributed by atoms with van der Waals surface area (Å²) >= 11 is 0. The van der Waals surface area contributed by atoms with Gasteiger partial charge in [-0.15, -0.1) is 0 Å². The predicted molar refractivity (Wildman–Crippen MR) is 58.1 cm³/mol. The summed E-state index contributed by atoms with van der Waals surface area (Å²) in [6, 6.07) is 5.93. The molecule has 0 unspecified atom stereocenters. The van der Waals surface area contributed by atoms with Crippen molar-refractivity contribution in [3.63, 3.8) is 0 Å². The molecule has 0 aliphatic rings. The fourth-order valence-corrected chi connectivity index (χ4v) is 1.45. The molecular weight excluding hydrogens is 214 g/mol. The third kappa shape index (κ3) is 3.73. The highest BCUT2D eigenvalue weighted by atomic mass is 32.2. The summed E-state index contributed by atoms with van der Waals surface area (Å²) in [5.41, 5.74) is 0.894. The first-order valence-corrected chi connectivity index (χ1v) is 5.84. The first-order valence-electron chi connectivity index (χ1n) is 4.29. The molecule has 0 radical (unpaired) electrons. The number of ether oxygens (including phenoxy) is 1. The van der Waals surface area contributed by atoms with Crippen LogP contribution in [0.3, 0.4) is 0 Å². The third-order valence-corrected chi connectivity index (χ3v) is 2.57. The SMILES string of the molecule is C=C(C)COc1ccc(S(N)(=O)=O)cc1. The van der Waals surface area contributed by atoms with Crippen molar-refractivity contribution in [3.05, 3.63) is 36.4 Å². The first kappa shape index (κ1) is 11.7. The second-order valence-electron chi connectivity index (χ2n) is 3.26. The molecular formula is C10H13NO3S. The lowest BCUT2D eigenvalue weighted by Crippen LogP contribution is -2.11. The first-order chi connectivity index (χ1) is 6.89. The summed E-state index contributed by atoms with van der Waals surface area (Å²) in [6.45, 7) is 5.94. The molecule has 4 nitrogen and oxygen atoms in total. The van der Waals surface area contributed by atoms with Crippen molar-refractivity contribution in [3.8, 4) is 5.75 Å². The van der Waals surface area contributed by atoms with Crippen molar-refractivity contribution in [2.24, 2.45) is 5.14 Å². The van der Waals surface area contributed by atoms with Crippen molar-refractivity contribution < 1.29 is 13.2 Å². The highest BCUT2D eigenvalue weighted by molar-refractivity contribution is 7.89. The molecule has 5 heteroatoms. The van der Waals surface area contributed by atoms with Crippen molar-refractivity contribution in [2.45, 2.75) is 11.8 Å². The van der Waals surface area contributed by atoms with E-state index < -0.39 is 10.0 Å². The van der Waals surface area contributed by atoms with Gasteiger partial charge in [0.25, 0.3) is 0 Å². The minimum atomic E-state index is -3.62. The molecule has 0 saturated heterocycles. The molecule has 0 aliphatic heterocycles. The van der Waals surface area contributed by atoms with Gasteiger partial charge in [0.15, 0.2) is 0 Å². The van der Waals surface area contributed by atoms with Gasteiger partial charge >= 0.3 is 0 Å². The summed E-state index contributed by atoms with van der Waals surface area (Å²) in [5.74, 6) is 0.588. The Bertz CT molecular complexity index is 448. The average Bonchev–Trinajstić information content (AvgIpc) is 2.14. The van der Waals surface area contributed by atoms with E-state index in [0.717, 1.165) is 5.57 Å². The highest BCUT2D eigenvalue weighted by Gasteiger charge is 2.06. The molecule has 0 heterocycles. The van der Waals surface area contributed by atoms with E-state index in [9.17, 15) is 8.42 Å². The van der Waals surface area contributed by atoms with E-state index in [4.69, 9.17) is 9.88 Å². The van der Waals surface area contributed by atoms with Gasteiger partial charge in [-0.05, 0) is 36.8 Å². The van der Waals surface area contributed by atoms with Crippen LogP contribution in [0.1, 0.15) is 6.92 Å². The quantitative estimate of drug-likeness (QED) is 0.788. The number of hydrogen-bond donors (Lipinski definition) is 1. The van der Waals surface area contributed by atoms with Gasteiger partial charge in [-0.25, -0.2) is 13.6 Å². The van der Waals surface area contributed by atoms with Gasteiger partial charge in [-0.1, -0.05) is 6.58 Å². The van der Waals surface area contributed by atoms with Crippen molar-refractivity contribution in [1.29, 1.82) is 0 Å². The second kappa shape index (κ2) is 4.46. The number of sulfonamides is 1. The summed E-state index contributed by atoms with van der Waals surface area (Å²) in [6.07, 6.45) is 0. The molecule has 0 spiro atoms. The smallest absolute Gasteiger partial charge is 0.238 e. The molecule has 15 heavy (non-hydrogen) atoms. The maximum Gasteiger partial charge on any atom is 0.238 e. The highest BCUT2D eigenvalue weighted by Crippen LogP contribution is 2.15. The van der Waals surface area contributed by atoms with Gasteiger partial charge in [-0.3, -0.25) is 0 Å². The molecule has 0 amide bonds. The Morgan fingerprint density at radius 2 is 1.93 bits per heavy atom. The molecule has 0 aromatic heterocycles. The Morgan fingerprint density at radius 3 is 2.33 bits per heavy atom. The van der Waals surface area contributed by atoms with Gasteiger partial charge in [0.1, 0.15) is 12.4 Å². The van der Waals surface area contributed by atoms with E-state index in [1.807, 2.05) is 6.92 Å². The van der Waals surface area contributed by atoms with E-state index in [-0.39, 0.29) is 4.90 Å². The third-order valence-electron chi connectivity index (χ3n) is 1.64. The van der Waals surface area contributed by atoms with Gasteiger partial charge in [0.05, 0.1) is 4.90 Å². The van der Waals surface area contributed by atoms with E-state index in [1.165, 1.54) is 12.1 Å². The second-order valence-corrected chi connectivity index (χ2v) is 4.82. The summed E-state index contributed by atoms with van der Waals surface area (Å²) in [7, 11) is -3.62. The molecule has 0 saturated carbocycles. The van der Waals surface area contributed by atoms with Gasteiger partial charge in [-0.2, -0.15) is 0 Å². The zero-order valence-corrected chi connectivity index (χ0v) is 9.25. The molecule has 1 rings (SSSR count). The van der Waals surface area contributed by atoms with E-state index in [0.29, 0.717) is 12.4 Å². The van der Waals surface area contributed by atoms with E-state index >= 15 is 0 Å². The van der Waals surface area contributed by atoms with Crippen LogP contribution in [-0.4, -0.2) is 15.0 Å². The standard InChI is InChI=1S/C10H13NO3S/c1-8(2)7-14-9-3-5-10(6-4-9)15(11,12)13/h3-6H,1,7H2,2H3,(H2,11,12,13). The van der Waals surface area contributed by atoms with Crippen molar-refractivity contribution >= 4 is 10.0 Å². The maximum absolute atomic E-state index is 10.9. The van der Waals surface area contributed by atoms with Gasteiger partial charge < -0.3 is 4.74 Å². The Labute approximate surface area is 89.4 Å². The fraction of sp³-hybridized carbons (Fsp3) is 0.200. The van der Waals surface area contributed by atoms with Crippen LogP contribution in [0, 0.1) is 0 Å². The van der Waals surface area contributed by atoms with Crippen molar-refractivity contribution in [1.82, 2.24) is 0 Å². The summed E-state index contributed by atoms with van der Waals surface area (Å²) in [5, 5.41) is 4.95. The molecule has 0 atom stereocenters. The Kier molecular flexibility index (Phi) is 3.49. The molecule has 0 fully saturated rings.